The van der Waals surface area contributed by atoms with E-state index in [9.17, 15) is 14.9 Å². The number of aryl methyl sites for hydroxylation is 2. The number of methoxy groups -OCH3 is 1. The van der Waals surface area contributed by atoms with Crippen LogP contribution in [0.1, 0.15) is 16.7 Å². The summed E-state index contributed by atoms with van der Waals surface area (Å²) in [5.41, 5.74) is 3.57. The summed E-state index contributed by atoms with van der Waals surface area (Å²) in [7, 11) is 3.07. The van der Waals surface area contributed by atoms with Gasteiger partial charge >= 0.3 is 0 Å². The predicted octanol–water partition coefficient (Wildman–Crippen LogP) is 3.48. The van der Waals surface area contributed by atoms with Gasteiger partial charge in [0.1, 0.15) is 22.4 Å². The number of anilines is 1. The highest BCUT2D eigenvalue weighted by atomic mass is 32.2. The van der Waals surface area contributed by atoms with E-state index in [-0.39, 0.29) is 11.5 Å². The van der Waals surface area contributed by atoms with E-state index in [0.717, 1.165) is 22.4 Å². The molecule has 2 aromatic rings. The zero-order chi connectivity index (χ0) is 21.8. The molecule has 0 bridgehead atoms. The zero-order valence-corrected chi connectivity index (χ0v) is 18.2. The molecule has 6 nitrogen and oxygen atoms in total. The second-order valence-electron chi connectivity index (χ2n) is 6.99. The van der Waals surface area contributed by atoms with Crippen molar-refractivity contribution in [1.82, 2.24) is 5.32 Å². The minimum atomic E-state index is -0.507. The molecule has 0 radical (unpaired) electrons. The molecule has 0 aromatic heterocycles. The molecule has 0 aliphatic carbocycles. The maximum Gasteiger partial charge on any atom is 0.264 e. The van der Waals surface area contributed by atoms with Gasteiger partial charge in [0.05, 0.1) is 18.0 Å². The van der Waals surface area contributed by atoms with E-state index in [1.54, 1.807) is 7.11 Å². The number of nitrogens with one attached hydrogen (secondary N) is 1. The highest BCUT2D eigenvalue weighted by Gasteiger charge is 2.41. The van der Waals surface area contributed by atoms with E-state index in [1.807, 2.05) is 62.4 Å². The molecule has 0 saturated carbocycles. The summed E-state index contributed by atoms with van der Waals surface area (Å²) in [4.78, 5) is 27.3. The van der Waals surface area contributed by atoms with Gasteiger partial charge in [-0.3, -0.25) is 14.5 Å². The number of amides is 2. The van der Waals surface area contributed by atoms with Gasteiger partial charge in [0.2, 0.25) is 5.91 Å². The first-order valence-corrected chi connectivity index (χ1v) is 10.3. The molecule has 1 unspecified atom stereocenters. The van der Waals surface area contributed by atoms with Crippen molar-refractivity contribution in [3.63, 3.8) is 0 Å². The standard InChI is InChI=1S/C23H23N3O3S/c1-14-5-10-19(15(2)11-14)26-22(28)20(12-16-6-8-17(29-4)9-7-16)30-23(26)18(13-24)21(27)25-3/h5-11,20H,12H2,1-4H3,(H,25,27). The van der Waals surface area contributed by atoms with Gasteiger partial charge in [-0.05, 0) is 49.6 Å². The molecule has 154 valence electrons. The fraction of sp³-hybridized carbons (Fsp3) is 0.261. The first-order chi connectivity index (χ1) is 14.4. The van der Waals surface area contributed by atoms with Crippen LogP contribution in [0, 0.1) is 25.2 Å². The lowest BCUT2D eigenvalue weighted by Crippen LogP contribution is -2.32. The molecule has 3 rings (SSSR count). The van der Waals surface area contributed by atoms with Crippen molar-refractivity contribution < 1.29 is 14.3 Å². The number of rotatable bonds is 5. The SMILES string of the molecule is CNC(=O)C(C#N)=C1SC(Cc2ccc(OC)cc2)C(=O)N1c1ccc(C)cc1C. The van der Waals surface area contributed by atoms with E-state index in [2.05, 4.69) is 5.32 Å². The van der Waals surface area contributed by atoms with Crippen molar-refractivity contribution in [2.75, 3.05) is 19.1 Å². The van der Waals surface area contributed by atoms with Crippen molar-refractivity contribution in [3.8, 4) is 11.8 Å². The molecule has 2 aromatic carbocycles. The molecular formula is C23H23N3O3S. The van der Waals surface area contributed by atoms with Gasteiger partial charge < -0.3 is 10.1 Å². The number of thioether (sulfide) groups is 1. The maximum atomic E-state index is 13.4. The summed E-state index contributed by atoms with van der Waals surface area (Å²) in [5.74, 6) is 0.0927. The summed E-state index contributed by atoms with van der Waals surface area (Å²) < 4.78 is 5.19. The molecule has 1 N–H and O–H groups in total. The number of nitriles is 1. The van der Waals surface area contributed by atoms with Crippen LogP contribution in [0.3, 0.4) is 0 Å². The predicted molar refractivity (Wildman–Crippen MR) is 118 cm³/mol. The average Bonchev–Trinajstić information content (AvgIpc) is 3.04. The zero-order valence-electron chi connectivity index (χ0n) is 17.4. The Labute approximate surface area is 180 Å². The van der Waals surface area contributed by atoms with Crippen molar-refractivity contribution in [2.24, 2.45) is 0 Å². The Balaban J connectivity index is 2.04. The summed E-state index contributed by atoms with van der Waals surface area (Å²) >= 11 is 1.26. The Hall–Kier alpha value is -3.24. The molecule has 7 heteroatoms. The van der Waals surface area contributed by atoms with E-state index in [4.69, 9.17) is 4.74 Å². The lowest BCUT2D eigenvalue weighted by Gasteiger charge is -2.21. The van der Waals surface area contributed by atoms with Gasteiger partial charge in [-0.2, -0.15) is 5.26 Å². The van der Waals surface area contributed by atoms with Crippen LogP contribution in [0.25, 0.3) is 0 Å². The van der Waals surface area contributed by atoms with E-state index >= 15 is 0 Å². The first kappa shape index (κ1) is 21.5. The van der Waals surface area contributed by atoms with Crippen LogP contribution in [0.4, 0.5) is 5.69 Å². The number of benzene rings is 2. The topological polar surface area (TPSA) is 82.4 Å². The quantitative estimate of drug-likeness (QED) is 0.590. The van der Waals surface area contributed by atoms with Crippen LogP contribution in [-0.4, -0.2) is 31.2 Å². The fourth-order valence-electron chi connectivity index (χ4n) is 3.36. The highest BCUT2D eigenvalue weighted by molar-refractivity contribution is 8.05. The third-order valence-electron chi connectivity index (χ3n) is 4.91. The molecule has 0 spiro atoms. The molecule has 2 amide bonds. The van der Waals surface area contributed by atoms with Crippen LogP contribution in [0.5, 0.6) is 5.75 Å². The molecule has 1 fully saturated rings. The lowest BCUT2D eigenvalue weighted by molar-refractivity contribution is -0.117. The van der Waals surface area contributed by atoms with E-state index < -0.39 is 11.2 Å². The van der Waals surface area contributed by atoms with Crippen LogP contribution in [-0.2, 0) is 16.0 Å². The Morgan fingerprint density at radius 1 is 1.23 bits per heavy atom. The largest absolute Gasteiger partial charge is 0.497 e. The monoisotopic (exact) mass is 421 g/mol. The van der Waals surface area contributed by atoms with Gasteiger partial charge in [-0.25, -0.2) is 0 Å². The third-order valence-corrected chi connectivity index (χ3v) is 6.17. The van der Waals surface area contributed by atoms with Crippen LogP contribution in [0.15, 0.2) is 53.1 Å². The van der Waals surface area contributed by atoms with E-state index in [0.29, 0.717) is 17.1 Å². The average molecular weight is 422 g/mol. The van der Waals surface area contributed by atoms with E-state index in [1.165, 1.54) is 23.7 Å². The Morgan fingerprint density at radius 3 is 2.50 bits per heavy atom. The van der Waals surface area contributed by atoms with Crippen molar-refractivity contribution in [3.05, 3.63) is 69.8 Å². The van der Waals surface area contributed by atoms with Gasteiger partial charge in [-0.1, -0.05) is 41.6 Å². The summed E-state index contributed by atoms with van der Waals surface area (Å²) in [5, 5.41) is 12.1. The number of ether oxygens (including phenoxy) is 1. The summed E-state index contributed by atoms with van der Waals surface area (Å²) in [6.45, 7) is 3.90. The Morgan fingerprint density at radius 2 is 1.93 bits per heavy atom. The van der Waals surface area contributed by atoms with Crippen LogP contribution < -0.4 is 15.0 Å². The molecule has 1 aliphatic rings. The highest BCUT2D eigenvalue weighted by Crippen LogP contribution is 2.43. The number of hydrogen-bond donors (Lipinski definition) is 1. The van der Waals surface area contributed by atoms with Gasteiger partial charge in [-0.15, -0.1) is 0 Å². The second kappa shape index (κ2) is 9.06. The molecule has 1 saturated heterocycles. The van der Waals surface area contributed by atoms with Crippen molar-refractivity contribution in [2.45, 2.75) is 25.5 Å². The molecule has 30 heavy (non-hydrogen) atoms. The van der Waals surface area contributed by atoms with Crippen LogP contribution >= 0.6 is 11.8 Å². The maximum absolute atomic E-state index is 13.4. The van der Waals surface area contributed by atoms with Gasteiger partial charge in [0.25, 0.3) is 5.91 Å². The molecule has 1 aliphatic heterocycles. The molecule has 1 heterocycles. The Kier molecular flexibility index (Phi) is 6.48. The first-order valence-electron chi connectivity index (χ1n) is 9.46. The number of nitrogens with zero attached hydrogens (tertiary/aromatic N) is 2. The number of likely N-dealkylation sites (N-methyl/N-ethyl adjacent to an activating group) is 1. The molecular weight excluding hydrogens is 398 g/mol. The second-order valence-corrected chi connectivity index (χ2v) is 8.18. The number of hydrogen-bond acceptors (Lipinski definition) is 5. The van der Waals surface area contributed by atoms with Gasteiger partial charge in [0.15, 0.2) is 0 Å². The minimum absolute atomic E-state index is 0.0620. The van der Waals surface area contributed by atoms with Crippen LogP contribution in [0.2, 0.25) is 0 Å². The fourth-order valence-corrected chi connectivity index (χ4v) is 4.66. The minimum Gasteiger partial charge on any atom is -0.497 e. The summed E-state index contributed by atoms with van der Waals surface area (Å²) in [6, 6.07) is 15.3. The molecule has 1 atom stereocenters. The third kappa shape index (κ3) is 4.19. The smallest absolute Gasteiger partial charge is 0.264 e. The number of carbonyl (C=O) groups is 2. The van der Waals surface area contributed by atoms with Crippen molar-refractivity contribution in [1.29, 1.82) is 5.26 Å². The van der Waals surface area contributed by atoms with Crippen molar-refractivity contribution >= 4 is 29.3 Å². The Bertz CT molecular complexity index is 1050. The van der Waals surface area contributed by atoms with Gasteiger partial charge in [0, 0.05) is 7.05 Å². The lowest BCUT2D eigenvalue weighted by atomic mass is 10.1. The number of carbonyl (C=O) groups excluding carboxylic acids is 2. The summed E-state index contributed by atoms with van der Waals surface area (Å²) in [6.07, 6.45) is 0.477. The normalized spacial score (nSPS) is 17.5.